The number of pyridine rings is 1. The van der Waals surface area contributed by atoms with Crippen LogP contribution in [0.4, 0.5) is 11.5 Å². The van der Waals surface area contributed by atoms with Gasteiger partial charge in [-0.25, -0.2) is 14.6 Å². The first kappa shape index (κ1) is 22.8. The molecule has 0 radical (unpaired) electrons. The lowest BCUT2D eigenvalue weighted by Crippen LogP contribution is -2.12. The summed E-state index contributed by atoms with van der Waals surface area (Å²) in [5, 5.41) is 19.7. The van der Waals surface area contributed by atoms with Gasteiger partial charge in [-0.2, -0.15) is 0 Å². The number of hydrogen-bond acceptors (Lipinski definition) is 9. The van der Waals surface area contributed by atoms with Gasteiger partial charge in [-0.1, -0.05) is 18.2 Å². The molecule has 5 rings (SSSR count). The number of fused-ring (bicyclic) bond motifs is 1. The van der Waals surface area contributed by atoms with Gasteiger partial charge in [0.25, 0.3) is 0 Å². The maximum absolute atomic E-state index is 12.4. The van der Waals surface area contributed by atoms with Gasteiger partial charge < -0.3 is 25.5 Å². The van der Waals surface area contributed by atoms with E-state index < -0.39 is 0 Å². The highest BCUT2D eigenvalue weighted by atomic mass is 16.6. The number of nitrogen functional groups attached to an aromatic ring is 1. The number of carbonyl (C=O) groups is 1. The molecule has 0 aliphatic rings. The molecule has 36 heavy (non-hydrogen) atoms. The first-order valence-electron chi connectivity index (χ1n) is 11.3. The number of carbonyl (C=O) groups excluding carboxylic acids is 1. The van der Waals surface area contributed by atoms with Gasteiger partial charge >= 0.3 is 0 Å². The number of nitrogens with one attached hydrogen (secondary N) is 1. The standard InChI is InChI=1S/C25H23N7O4/c1-2-32-20-13-22(27-14-19(20)29-25(32)23-24(26)31-36-30-23)35-18-5-3-4-16(12-18)28-21(34)11-8-15-6-9-17(33)10-7-15/h3-7,9-10,12-14,33H,2,8,11H2,1H3,(H2,26,31)(H,28,34). The van der Waals surface area contributed by atoms with Crippen LogP contribution >= 0.6 is 0 Å². The molecule has 0 unspecified atom stereocenters. The Balaban J connectivity index is 1.29. The number of nitrogens with zero attached hydrogens (tertiary/aromatic N) is 5. The van der Waals surface area contributed by atoms with Gasteiger partial charge in [-0.3, -0.25) is 4.79 Å². The molecule has 0 saturated heterocycles. The van der Waals surface area contributed by atoms with Gasteiger partial charge in [-0.15, -0.1) is 0 Å². The van der Waals surface area contributed by atoms with Gasteiger partial charge in [0.15, 0.2) is 17.3 Å². The lowest BCUT2D eigenvalue weighted by molar-refractivity contribution is -0.116. The highest BCUT2D eigenvalue weighted by molar-refractivity contribution is 5.91. The van der Waals surface area contributed by atoms with E-state index in [4.69, 9.17) is 15.1 Å². The van der Waals surface area contributed by atoms with Crippen LogP contribution in [-0.4, -0.2) is 35.9 Å². The fraction of sp³-hybridized carbons (Fsp3) is 0.160. The normalized spacial score (nSPS) is 11.0. The molecule has 3 heterocycles. The number of aromatic nitrogens is 5. The number of aromatic hydroxyl groups is 1. The second-order valence-electron chi connectivity index (χ2n) is 8.03. The number of ether oxygens (including phenoxy) is 1. The van der Waals surface area contributed by atoms with Crippen LogP contribution in [0, 0.1) is 0 Å². The van der Waals surface area contributed by atoms with Crippen molar-refractivity contribution in [3.05, 3.63) is 66.4 Å². The Bertz CT molecular complexity index is 1530. The first-order chi connectivity index (χ1) is 17.5. The fourth-order valence-corrected chi connectivity index (χ4v) is 3.82. The Labute approximate surface area is 205 Å². The third-order valence-corrected chi connectivity index (χ3v) is 5.57. The molecular weight excluding hydrogens is 462 g/mol. The molecule has 1 amide bonds. The van der Waals surface area contributed by atoms with Gasteiger partial charge in [0.1, 0.15) is 17.0 Å². The molecule has 182 valence electrons. The summed E-state index contributed by atoms with van der Waals surface area (Å²) in [7, 11) is 0. The molecule has 0 atom stereocenters. The lowest BCUT2D eigenvalue weighted by Gasteiger charge is -2.09. The highest BCUT2D eigenvalue weighted by Gasteiger charge is 2.19. The number of anilines is 2. The third-order valence-electron chi connectivity index (χ3n) is 5.57. The number of aryl methyl sites for hydroxylation is 2. The molecule has 0 saturated carbocycles. The van der Waals surface area contributed by atoms with E-state index >= 15 is 0 Å². The van der Waals surface area contributed by atoms with Crippen LogP contribution < -0.4 is 15.8 Å². The molecule has 4 N–H and O–H groups in total. The Morgan fingerprint density at radius 1 is 1.17 bits per heavy atom. The fourth-order valence-electron chi connectivity index (χ4n) is 3.82. The summed E-state index contributed by atoms with van der Waals surface area (Å²) >= 11 is 0. The van der Waals surface area contributed by atoms with Crippen molar-refractivity contribution in [2.24, 2.45) is 0 Å². The smallest absolute Gasteiger partial charge is 0.224 e. The van der Waals surface area contributed by atoms with Crippen molar-refractivity contribution < 1.29 is 19.3 Å². The molecule has 0 aliphatic carbocycles. The van der Waals surface area contributed by atoms with Crippen molar-refractivity contribution in [2.45, 2.75) is 26.3 Å². The maximum atomic E-state index is 12.4. The first-order valence-corrected chi connectivity index (χ1v) is 11.3. The number of imidazole rings is 1. The Kier molecular flexibility index (Phi) is 6.18. The zero-order valence-electron chi connectivity index (χ0n) is 19.4. The van der Waals surface area contributed by atoms with E-state index in [0.717, 1.165) is 11.1 Å². The number of phenols is 1. The van der Waals surface area contributed by atoms with E-state index in [-0.39, 0.29) is 17.5 Å². The number of hydrogen-bond donors (Lipinski definition) is 3. The van der Waals surface area contributed by atoms with Crippen molar-refractivity contribution in [3.63, 3.8) is 0 Å². The van der Waals surface area contributed by atoms with Crippen molar-refractivity contribution in [3.8, 4) is 28.9 Å². The molecule has 11 heteroatoms. The summed E-state index contributed by atoms with van der Waals surface area (Å²) in [5.74, 6) is 1.65. The van der Waals surface area contributed by atoms with Crippen LogP contribution in [0.3, 0.4) is 0 Å². The second-order valence-corrected chi connectivity index (χ2v) is 8.03. The quantitative estimate of drug-likeness (QED) is 0.294. The summed E-state index contributed by atoms with van der Waals surface area (Å²) in [5.41, 5.74) is 9.24. The van der Waals surface area contributed by atoms with E-state index in [9.17, 15) is 9.90 Å². The van der Waals surface area contributed by atoms with Gasteiger partial charge in [-0.05, 0) is 53.5 Å². The SMILES string of the molecule is CCn1c(-c2nonc2N)nc2cnc(Oc3cccc(NC(=O)CCc4ccc(O)cc4)c3)cc21. The summed E-state index contributed by atoms with van der Waals surface area (Å²) in [6.07, 6.45) is 2.48. The minimum atomic E-state index is -0.124. The predicted molar refractivity (Wildman–Crippen MR) is 132 cm³/mol. The average Bonchev–Trinajstić information content (AvgIpc) is 3.46. The topological polar surface area (TPSA) is 154 Å². The summed E-state index contributed by atoms with van der Waals surface area (Å²) in [6.45, 7) is 2.58. The van der Waals surface area contributed by atoms with Crippen LogP contribution in [0.25, 0.3) is 22.6 Å². The molecule has 0 aliphatic heterocycles. The van der Waals surface area contributed by atoms with Crippen LogP contribution in [0.15, 0.2) is 65.4 Å². The Hall–Kier alpha value is -4.93. The summed E-state index contributed by atoms with van der Waals surface area (Å²) < 4.78 is 12.6. The van der Waals surface area contributed by atoms with E-state index in [1.165, 1.54) is 0 Å². The van der Waals surface area contributed by atoms with Crippen molar-refractivity contribution in [1.29, 1.82) is 0 Å². The van der Waals surface area contributed by atoms with Gasteiger partial charge in [0.05, 0.1) is 11.7 Å². The average molecular weight is 486 g/mol. The second kappa shape index (κ2) is 9.74. The minimum Gasteiger partial charge on any atom is -0.508 e. The molecule has 11 nitrogen and oxygen atoms in total. The number of rotatable bonds is 8. The van der Waals surface area contributed by atoms with Crippen molar-refractivity contribution >= 4 is 28.4 Å². The molecular formula is C25H23N7O4. The number of amides is 1. The van der Waals surface area contributed by atoms with Crippen LogP contribution in [0.5, 0.6) is 17.4 Å². The van der Waals surface area contributed by atoms with Crippen LogP contribution in [0.2, 0.25) is 0 Å². The molecule has 5 aromatic rings. The molecule has 2 aromatic carbocycles. The predicted octanol–water partition coefficient (Wildman–Crippen LogP) is 4.15. The van der Waals surface area contributed by atoms with E-state index in [0.29, 0.717) is 53.7 Å². The van der Waals surface area contributed by atoms with Gasteiger partial charge in [0.2, 0.25) is 11.8 Å². The zero-order chi connectivity index (χ0) is 25.1. The molecule has 3 aromatic heterocycles. The maximum Gasteiger partial charge on any atom is 0.224 e. The monoisotopic (exact) mass is 485 g/mol. The number of phenolic OH excluding ortho intramolecular Hbond substituents is 1. The van der Waals surface area contributed by atoms with E-state index in [2.05, 4.69) is 25.6 Å². The summed E-state index contributed by atoms with van der Waals surface area (Å²) in [4.78, 5) is 21.3. The van der Waals surface area contributed by atoms with E-state index in [1.54, 1.807) is 60.8 Å². The zero-order valence-corrected chi connectivity index (χ0v) is 19.4. The van der Waals surface area contributed by atoms with Crippen molar-refractivity contribution in [1.82, 2.24) is 24.8 Å². The van der Waals surface area contributed by atoms with E-state index in [1.807, 2.05) is 11.5 Å². The number of benzene rings is 2. The molecule has 0 bridgehead atoms. The van der Waals surface area contributed by atoms with Crippen LogP contribution in [-0.2, 0) is 17.8 Å². The Morgan fingerprint density at radius 2 is 2.00 bits per heavy atom. The molecule has 0 fully saturated rings. The largest absolute Gasteiger partial charge is 0.508 e. The number of nitrogens with two attached hydrogens (primary N) is 1. The summed E-state index contributed by atoms with van der Waals surface area (Å²) in [6, 6.07) is 15.7. The van der Waals surface area contributed by atoms with Crippen LogP contribution in [0.1, 0.15) is 18.9 Å². The van der Waals surface area contributed by atoms with Crippen molar-refractivity contribution in [2.75, 3.05) is 11.1 Å². The minimum absolute atomic E-state index is 0.124. The van der Waals surface area contributed by atoms with Gasteiger partial charge in [0, 0.05) is 30.8 Å². The third kappa shape index (κ3) is 4.80. The lowest BCUT2D eigenvalue weighted by atomic mass is 10.1. The highest BCUT2D eigenvalue weighted by Crippen LogP contribution is 2.30. The molecule has 0 spiro atoms. The Morgan fingerprint density at radius 3 is 2.75 bits per heavy atom.